The molecule has 0 fully saturated rings. The molecule has 1 heterocycles. The highest BCUT2D eigenvalue weighted by Crippen LogP contribution is 2.16. The second-order valence-corrected chi connectivity index (χ2v) is 5.27. The third kappa shape index (κ3) is 4.08. The Balaban J connectivity index is 3.13. The zero-order chi connectivity index (χ0) is 15.5. The van der Waals surface area contributed by atoms with Crippen LogP contribution in [0.3, 0.4) is 0 Å². The first-order valence-corrected chi connectivity index (χ1v) is 5.98. The number of carboxylic acid groups (broad SMARTS) is 1. The molecule has 0 unspecified atom stereocenters. The van der Waals surface area contributed by atoms with E-state index in [-0.39, 0.29) is 18.7 Å². The summed E-state index contributed by atoms with van der Waals surface area (Å²) in [7, 11) is 0. The number of carbonyl (C=O) groups excluding carboxylic acids is 1. The van der Waals surface area contributed by atoms with Crippen LogP contribution in [0.4, 0.5) is 0 Å². The van der Waals surface area contributed by atoms with Crippen LogP contribution in [-0.4, -0.2) is 43.9 Å². The summed E-state index contributed by atoms with van der Waals surface area (Å²) in [6, 6.07) is 0.975. The van der Waals surface area contributed by atoms with E-state index in [9.17, 15) is 19.2 Å². The summed E-state index contributed by atoms with van der Waals surface area (Å²) in [6.45, 7) is 5.18. The first-order chi connectivity index (χ1) is 9.11. The fourth-order valence-corrected chi connectivity index (χ4v) is 1.68. The molecule has 0 aliphatic rings. The predicted octanol–water partition coefficient (Wildman–Crippen LogP) is -0.221. The van der Waals surface area contributed by atoms with Crippen LogP contribution in [0.15, 0.2) is 15.7 Å². The molecule has 0 aromatic carbocycles. The van der Waals surface area contributed by atoms with Gasteiger partial charge in [-0.15, -0.1) is 0 Å². The van der Waals surface area contributed by atoms with Gasteiger partial charge in [0.25, 0.3) is 11.5 Å². The number of carboxylic acids is 1. The number of aromatic nitrogens is 2. The molecule has 0 saturated heterocycles. The van der Waals surface area contributed by atoms with Crippen molar-refractivity contribution < 1.29 is 14.7 Å². The van der Waals surface area contributed by atoms with Gasteiger partial charge in [-0.25, -0.2) is 4.79 Å². The maximum absolute atomic E-state index is 12.3. The van der Waals surface area contributed by atoms with Crippen LogP contribution in [0, 0.1) is 0 Å². The van der Waals surface area contributed by atoms with Crippen LogP contribution in [0.5, 0.6) is 0 Å². The summed E-state index contributed by atoms with van der Waals surface area (Å²) in [5.74, 6) is -1.63. The van der Waals surface area contributed by atoms with Crippen molar-refractivity contribution in [1.29, 1.82) is 0 Å². The van der Waals surface area contributed by atoms with Crippen LogP contribution in [0.25, 0.3) is 0 Å². The van der Waals surface area contributed by atoms with Crippen molar-refractivity contribution in [2.24, 2.45) is 0 Å². The molecule has 0 aliphatic carbocycles. The largest absolute Gasteiger partial charge is 0.481 e. The highest BCUT2D eigenvalue weighted by Gasteiger charge is 2.28. The molecule has 3 N–H and O–H groups in total. The van der Waals surface area contributed by atoms with Crippen molar-refractivity contribution >= 4 is 11.9 Å². The van der Waals surface area contributed by atoms with Crippen molar-refractivity contribution in [1.82, 2.24) is 14.9 Å². The van der Waals surface area contributed by atoms with E-state index in [4.69, 9.17) is 5.11 Å². The Morgan fingerprint density at radius 2 is 1.85 bits per heavy atom. The Morgan fingerprint density at radius 1 is 1.25 bits per heavy atom. The van der Waals surface area contributed by atoms with E-state index < -0.39 is 28.7 Å². The summed E-state index contributed by atoms with van der Waals surface area (Å²) in [5, 5.41) is 8.72. The second kappa shape index (κ2) is 5.72. The van der Waals surface area contributed by atoms with Gasteiger partial charge in [-0.1, -0.05) is 0 Å². The molecule has 0 saturated carbocycles. The van der Waals surface area contributed by atoms with Gasteiger partial charge >= 0.3 is 11.7 Å². The number of aliphatic carboxylic acids is 1. The van der Waals surface area contributed by atoms with Crippen LogP contribution < -0.4 is 11.2 Å². The molecule has 110 valence electrons. The first kappa shape index (κ1) is 15.7. The number of hydrogen-bond acceptors (Lipinski definition) is 4. The van der Waals surface area contributed by atoms with Crippen LogP contribution in [0.2, 0.25) is 0 Å². The Morgan fingerprint density at radius 3 is 2.30 bits per heavy atom. The van der Waals surface area contributed by atoms with Gasteiger partial charge in [-0.3, -0.25) is 19.4 Å². The van der Waals surface area contributed by atoms with E-state index in [1.807, 2.05) is 4.98 Å². The SMILES string of the molecule is CC(C)(C)N(CCC(=O)O)C(=O)c1cc(=O)[nH]c(=O)[nH]1. The molecule has 20 heavy (non-hydrogen) atoms. The van der Waals surface area contributed by atoms with E-state index in [0.29, 0.717) is 0 Å². The normalized spacial score (nSPS) is 11.2. The number of nitrogens with zero attached hydrogens (tertiary/aromatic N) is 1. The van der Waals surface area contributed by atoms with Crippen molar-refractivity contribution in [3.8, 4) is 0 Å². The van der Waals surface area contributed by atoms with Gasteiger partial charge in [0.1, 0.15) is 5.69 Å². The highest BCUT2D eigenvalue weighted by atomic mass is 16.4. The maximum Gasteiger partial charge on any atom is 0.326 e. The van der Waals surface area contributed by atoms with Crippen LogP contribution >= 0.6 is 0 Å². The zero-order valence-electron chi connectivity index (χ0n) is 11.5. The van der Waals surface area contributed by atoms with Crippen LogP contribution in [-0.2, 0) is 4.79 Å². The lowest BCUT2D eigenvalue weighted by Crippen LogP contribution is -2.47. The highest BCUT2D eigenvalue weighted by molar-refractivity contribution is 5.92. The Hall–Kier alpha value is -2.38. The first-order valence-electron chi connectivity index (χ1n) is 5.98. The lowest BCUT2D eigenvalue weighted by Gasteiger charge is -2.35. The Bertz CT molecular complexity index is 595. The second-order valence-electron chi connectivity index (χ2n) is 5.27. The van der Waals surface area contributed by atoms with Crippen molar-refractivity contribution in [2.75, 3.05) is 6.54 Å². The Labute approximate surface area is 114 Å². The van der Waals surface area contributed by atoms with E-state index >= 15 is 0 Å². The number of nitrogens with one attached hydrogen (secondary N) is 2. The average molecular weight is 283 g/mol. The molecular weight excluding hydrogens is 266 g/mol. The van der Waals surface area contributed by atoms with Crippen molar-refractivity contribution in [3.05, 3.63) is 32.6 Å². The minimum absolute atomic E-state index is 0.0213. The Kier molecular flexibility index (Phi) is 4.49. The molecule has 1 rings (SSSR count). The number of aromatic amines is 2. The fourth-order valence-electron chi connectivity index (χ4n) is 1.68. The third-order valence-corrected chi connectivity index (χ3v) is 2.59. The molecule has 0 atom stereocenters. The number of rotatable bonds is 4. The van der Waals surface area contributed by atoms with Gasteiger partial charge in [0.15, 0.2) is 0 Å². The smallest absolute Gasteiger partial charge is 0.326 e. The predicted molar refractivity (Wildman–Crippen MR) is 70.7 cm³/mol. The van der Waals surface area contributed by atoms with E-state index in [1.54, 1.807) is 20.8 Å². The van der Waals surface area contributed by atoms with Gasteiger partial charge in [-0.05, 0) is 20.8 Å². The van der Waals surface area contributed by atoms with E-state index in [2.05, 4.69) is 4.98 Å². The molecule has 8 heteroatoms. The molecule has 1 amide bonds. The topological polar surface area (TPSA) is 123 Å². The fraction of sp³-hybridized carbons (Fsp3) is 0.500. The monoisotopic (exact) mass is 283 g/mol. The number of carbonyl (C=O) groups is 2. The van der Waals surface area contributed by atoms with E-state index in [1.165, 1.54) is 4.90 Å². The van der Waals surface area contributed by atoms with E-state index in [0.717, 1.165) is 6.07 Å². The standard InChI is InChI=1S/C12H17N3O5/c1-12(2,3)15(5-4-9(17)18)10(19)7-6-8(16)14-11(20)13-7/h6H,4-5H2,1-3H3,(H,17,18)(H2,13,14,16,20). The molecule has 1 aromatic rings. The van der Waals surface area contributed by atoms with Gasteiger partial charge < -0.3 is 15.0 Å². The lowest BCUT2D eigenvalue weighted by atomic mass is 10.0. The zero-order valence-corrected chi connectivity index (χ0v) is 11.5. The quantitative estimate of drug-likeness (QED) is 0.704. The summed E-state index contributed by atoms with van der Waals surface area (Å²) in [4.78, 5) is 50.9. The molecule has 0 radical (unpaired) electrons. The summed E-state index contributed by atoms with van der Waals surface area (Å²) in [6.07, 6.45) is -0.226. The van der Waals surface area contributed by atoms with Gasteiger partial charge in [0.05, 0.1) is 6.42 Å². The lowest BCUT2D eigenvalue weighted by molar-refractivity contribution is -0.137. The molecule has 8 nitrogen and oxygen atoms in total. The molecular formula is C12H17N3O5. The number of H-pyrrole nitrogens is 2. The number of hydrogen-bond donors (Lipinski definition) is 3. The van der Waals surface area contributed by atoms with Crippen molar-refractivity contribution in [3.63, 3.8) is 0 Å². The van der Waals surface area contributed by atoms with Crippen LogP contribution in [0.1, 0.15) is 37.7 Å². The minimum atomic E-state index is -1.04. The third-order valence-electron chi connectivity index (χ3n) is 2.59. The summed E-state index contributed by atoms with van der Waals surface area (Å²) >= 11 is 0. The van der Waals surface area contributed by atoms with Gasteiger partial charge in [0.2, 0.25) is 0 Å². The summed E-state index contributed by atoms with van der Waals surface area (Å²) in [5.41, 5.74) is -2.29. The average Bonchev–Trinajstić information content (AvgIpc) is 2.25. The van der Waals surface area contributed by atoms with Crippen molar-refractivity contribution in [2.45, 2.75) is 32.7 Å². The molecule has 0 aliphatic heterocycles. The molecule has 1 aromatic heterocycles. The maximum atomic E-state index is 12.3. The number of amides is 1. The van der Waals surface area contributed by atoms with Gasteiger partial charge in [-0.2, -0.15) is 0 Å². The van der Waals surface area contributed by atoms with Gasteiger partial charge in [0, 0.05) is 18.2 Å². The summed E-state index contributed by atoms with van der Waals surface area (Å²) < 4.78 is 0. The molecule has 0 bridgehead atoms. The minimum Gasteiger partial charge on any atom is -0.481 e. The molecule has 0 spiro atoms.